The molecule has 1 aromatic heterocycles. The van der Waals surface area contributed by atoms with Gasteiger partial charge in [-0.15, -0.1) is 0 Å². The molecule has 0 saturated carbocycles. The molecular weight excluding hydrogens is 188 g/mol. The Morgan fingerprint density at radius 3 is 3.20 bits per heavy atom. The minimum atomic E-state index is -2.27. The SMILES string of the molecule is [2H]C([2H])([2H])N1NC=CC=C1Nc1ccc(C)cn1. The summed E-state index contributed by atoms with van der Waals surface area (Å²) < 4.78 is 22.3. The van der Waals surface area contributed by atoms with Gasteiger partial charge >= 0.3 is 0 Å². The molecule has 2 heterocycles. The van der Waals surface area contributed by atoms with E-state index in [9.17, 15) is 0 Å². The number of hydrazine groups is 1. The van der Waals surface area contributed by atoms with Crippen LogP contribution in [0.3, 0.4) is 0 Å². The zero-order valence-corrected chi connectivity index (χ0v) is 8.36. The summed E-state index contributed by atoms with van der Waals surface area (Å²) in [5, 5.41) is 4.04. The van der Waals surface area contributed by atoms with Crippen molar-refractivity contribution in [3.05, 3.63) is 48.1 Å². The lowest BCUT2D eigenvalue weighted by Gasteiger charge is -2.25. The predicted molar refractivity (Wildman–Crippen MR) is 60.7 cm³/mol. The van der Waals surface area contributed by atoms with Crippen molar-refractivity contribution in [1.82, 2.24) is 15.4 Å². The zero-order chi connectivity index (χ0) is 13.2. The van der Waals surface area contributed by atoms with Crippen molar-refractivity contribution in [2.24, 2.45) is 0 Å². The monoisotopic (exact) mass is 205 g/mol. The van der Waals surface area contributed by atoms with Crippen LogP contribution < -0.4 is 10.7 Å². The fraction of sp³-hybridized carbons (Fsp3) is 0.182. The molecule has 0 bridgehead atoms. The molecule has 2 N–H and O–H groups in total. The fourth-order valence-corrected chi connectivity index (χ4v) is 1.17. The van der Waals surface area contributed by atoms with E-state index < -0.39 is 6.98 Å². The van der Waals surface area contributed by atoms with Crippen molar-refractivity contribution in [3.8, 4) is 0 Å². The molecule has 1 aromatic rings. The van der Waals surface area contributed by atoms with Gasteiger partial charge in [-0.3, -0.25) is 5.01 Å². The minimum absolute atomic E-state index is 0.425. The zero-order valence-electron chi connectivity index (χ0n) is 11.4. The Morgan fingerprint density at radius 2 is 2.47 bits per heavy atom. The maximum Gasteiger partial charge on any atom is 0.131 e. The van der Waals surface area contributed by atoms with Crippen molar-refractivity contribution < 1.29 is 4.11 Å². The Morgan fingerprint density at radius 1 is 1.53 bits per heavy atom. The van der Waals surface area contributed by atoms with Crippen molar-refractivity contribution in [2.45, 2.75) is 6.92 Å². The van der Waals surface area contributed by atoms with E-state index in [0.717, 1.165) is 10.6 Å². The van der Waals surface area contributed by atoms with E-state index >= 15 is 0 Å². The van der Waals surface area contributed by atoms with E-state index in [1.165, 1.54) is 0 Å². The minimum Gasteiger partial charge on any atom is -0.325 e. The third-order valence-corrected chi connectivity index (χ3v) is 1.96. The molecule has 0 amide bonds. The summed E-state index contributed by atoms with van der Waals surface area (Å²) in [7, 11) is 0. The Labute approximate surface area is 93.5 Å². The van der Waals surface area contributed by atoms with E-state index in [4.69, 9.17) is 4.11 Å². The van der Waals surface area contributed by atoms with Crippen molar-refractivity contribution in [3.63, 3.8) is 0 Å². The number of pyridine rings is 1. The number of rotatable bonds is 2. The van der Waals surface area contributed by atoms with Crippen molar-refractivity contribution in [2.75, 3.05) is 12.3 Å². The van der Waals surface area contributed by atoms with Gasteiger partial charge in [0.2, 0.25) is 0 Å². The maximum atomic E-state index is 7.42. The molecule has 0 radical (unpaired) electrons. The molecular formula is C11H14N4. The molecule has 4 heteroatoms. The molecule has 0 fully saturated rings. The molecule has 1 aliphatic heterocycles. The number of anilines is 1. The first-order valence-electron chi connectivity index (χ1n) is 6.10. The second-order valence-electron chi connectivity index (χ2n) is 3.22. The predicted octanol–water partition coefficient (Wildman–Crippen LogP) is 1.61. The quantitative estimate of drug-likeness (QED) is 0.769. The molecule has 2 rings (SSSR count). The number of hydrogen-bond donors (Lipinski definition) is 2. The van der Waals surface area contributed by atoms with E-state index in [1.807, 2.05) is 13.0 Å². The topological polar surface area (TPSA) is 40.2 Å². The van der Waals surface area contributed by atoms with Gasteiger partial charge in [0, 0.05) is 23.5 Å². The van der Waals surface area contributed by atoms with Gasteiger partial charge in [0.1, 0.15) is 11.6 Å². The average molecular weight is 205 g/mol. The number of aryl methyl sites for hydroxylation is 1. The van der Waals surface area contributed by atoms with Gasteiger partial charge in [-0.25, -0.2) is 4.98 Å². The smallest absolute Gasteiger partial charge is 0.131 e. The van der Waals surface area contributed by atoms with Gasteiger partial charge in [-0.1, -0.05) is 6.07 Å². The van der Waals surface area contributed by atoms with Gasteiger partial charge in [0.05, 0.1) is 0 Å². The van der Waals surface area contributed by atoms with Gasteiger partial charge in [0.15, 0.2) is 0 Å². The summed E-state index contributed by atoms with van der Waals surface area (Å²) in [5.41, 5.74) is 3.72. The lowest BCUT2D eigenvalue weighted by molar-refractivity contribution is 0.351. The lowest BCUT2D eigenvalue weighted by Crippen LogP contribution is -2.34. The largest absolute Gasteiger partial charge is 0.325 e. The van der Waals surface area contributed by atoms with Crippen LogP contribution in [0.4, 0.5) is 5.82 Å². The average Bonchev–Trinajstić information content (AvgIpc) is 2.31. The normalized spacial score (nSPS) is 18.3. The summed E-state index contributed by atoms with van der Waals surface area (Å²) in [6.45, 7) is -0.329. The summed E-state index contributed by atoms with van der Waals surface area (Å²) in [6.07, 6.45) is 6.66. The molecule has 0 atom stereocenters. The molecule has 0 saturated heterocycles. The first kappa shape index (κ1) is 6.50. The maximum absolute atomic E-state index is 7.42. The Bertz CT molecular complexity index is 476. The number of aromatic nitrogens is 1. The Hall–Kier alpha value is -1.97. The van der Waals surface area contributed by atoms with Crippen LogP contribution in [-0.2, 0) is 0 Å². The van der Waals surface area contributed by atoms with Gasteiger partial charge in [-0.2, -0.15) is 0 Å². The van der Waals surface area contributed by atoms with Crippen LogP contribution in [-0.4, -0.2) is 17.0 Å². The highest BCUT2D eigenvalue weighted by Crippen LogP contribution is 2.10. The van der Waals surface area contributed by atoms with Crippen LogP contribution in [0.2, 0.25) is 0 Å². The van der Waals surface area contributed by atoms with Gasteiger partial charge in [0.25, 0.3) is 0 Å². The number of nitrogens with zero attached hydrogens (tertiary/aromatic N) is 2. The van der Waals surface area contributed by atoms with Crippen LogP contribution in [0, 0.1) is 6.92 Å². The number of allylic oxidation sites excluding steroid dienone is 2. The summed E-state index contributed by atoms with van der Waals surface area (Å²) in [4.78, 5) is 4.17. The van der Waals surface area contributed by atoms with E-state index in [0.29, 0.717) is 11.6 Å². The third-order valence-electron chi connectivity index (χ3n) is 1.96. The second-order valence-corrected chi connectivity index (χ2v) is 3.22. The Balaban J connectivity index is 2.18. The first-order chi connectivity index (χ1) is 8.47. The highest BCUT2D eigenvalue weighted by molar-refractivity contribution is 5.42. The van der Waals surface area contributed by atoms with Crippen LogP contribution in [0.15, 0.2) is 42.5 Å². The molecule has 0 aromatic carbocycles. The number of hydrogen-bond acceptors (Lipinski definition) is 4. The molecule has 0 aliphatic carbocycles. The first-order valence-corrected chi connectivity index (χ1v) is 4.60. The molecule has 4 nitrogen and oxygen atoms in total. The summed E-state index contributed by atoms with van der Waals surface area (Å²) in [5.74, 6) is 1.02. The third kappa shape index (κ3) is 2.28. The summed E-state index contributed by atoms with van der Waals surface area (Å²) in [6, 6.07) is 3.70. The molecule has 78 valence electrons. The van der Waals surface area contributed by atoms with Crippen LogP contribution >= 0.6 is 0 Å². The highest BCUT2D eigenvalue weighted by Gasteiger charge is 2.05. The standard InChI is InChI=1S/C11H14N4/c1-9-5-6-10(12-8-9)14-11-4-3-7-13-15(11)2/h3-8,13H,1-2H3,(H,12,14)/i2D3. The highest BCUT2D eigenvalue weighted by atomic mass is 15.5. The molecule has 0 unspecified atom stereocenters. The second kappa shape index (κ2) is 4.04. The van der Waals surface area contributed by atoms with Gasteiger partial charge in [-0.05, 0) is 30.7 Å². The van der Waals surface area contributed by atoms with Crippen LogP contribution in [0.25, 0.3) is 0 Å². The van der Waals surface area contributed by atoms with E-state index in [2.05, 4.69) is 15.7 Å². The Kier molecular flexibility index (Phi) is 1.75. The van der Waals surface area contributed by atoms with E-state index in [-0.39, 0.29) is 0 Å². The van der Waals surface area contributed by atoms with Crippen LogP contribution in [0.1, 0.15) is 9.68 Å². The number of nitrogens with one attached hydrogen (secondary N) is 2. The van der Waals surface area contributed by atoms with Crippen molar-refractivity contribution >= 4 is 5.82 Å². The summed E-state index contributed by atoms with van der Waals surface area (Å²) >= 11 is 0. The van der Waals surface area contributed by atoms with E-state index in [1.54, 1.807) is 30.6 Å². The van der Waals surface area contributed by atoms with Crippen LogP contribution in [0.5, 0.6) is 0 Å². The molecule has 1 aliphatic rings. The van der Waals surface area contributed by atoms with Crippen molar-refractivity contribution in [1.29, 1.82) is 0 Å². The fourth-order valence-electron chi connectivity index (χ4n) is 1.17. The molecule has 0 spiro atoms. The van der Waals surface area contributed by atoms with Gasteiger partial charge < -0.3 is 10.7 Å². The molecule has 15 heavy (non-hydrogen) atoms. The lowest BCUT2D eigenvalue weighted by atomic mass is 10.3.